The van der Waals surface area contributed by atoms with Gasteiger partial charge in [0, 0.05) is 49.7 Å². The summed E-state index contributed by atoms with van der Waals surface area (Å²) in [6.45, 7) is 11.6. The molecule has 2 aliphatic heterocycles. The SMILES string of the molecule is CCCn1nccc1C(=O)N1CC2(CCOCC2)C1c1cnn(C(C)(C)C)c1. The highest BCUT2D eigenvalue weighted by Gasteiger charge is 2.56. The standard InChI is InChI=1S/C21H31N5O2/c1-5-10-25-17(6-9-22-25)19(27)24-15-21(7-11-28-12-8-21)18(24)16-13-23-26(14-16)20(2,3)4/h6,9,13-14,18H,5,7-8,10-12,15H2,1-4H3. The van der Waals surface area contributed by atoms with Gasteiger partial charge in [0.15, 0.2) is 0 Å². The summed E-state index contributed by atoms with van der Waals surface area (Å²) in [6.07, 6.45) is 8.69. The Balaban J connectivity index is 1.66. The molecule has 2 aliphatic rings. The Labute approximate surface area is 166 Å². The fraction of sp³-hybridized carbons (Fsp3) is 0.667. The van der Waals surface area contributed by atoms with Crippen molar-refractivity contribution in [1.29, 1.82) is 0 Å². The summed E-state index contributed by atoms with van der Waals surface area (Å²) in [6, 6.07) is 1.88. The maximum atomic E-state index is 13.4. The number of carbonyl (C=O) groups excluding carboxylic acids is 1. The number of amides is 1. The van der Waals surface area contributed by atoms with E-state index in [1.54, 1.807) is 6.20 Å². The molecular weight excluding hydrogens is 354 g/mol. The van der Waals surface area contributed by atoms with Crippen molar-refractivity contribution in [3.8, 4) is 0 Å². The van der Waals surface area contributed by atoms with Crippen LogP contribution < -0.4 is 0 Å². The van der Waals surface area contributed by atoms with E-state index in [0.717, 1.165) is 51.1 Å². The summed E-state index contributed by atoms with van der Waals surface area (Å²) in [7, 11) is 0. The molecule has 1 unspecified atom stereocenters. The summed E-state index contributed by atoms with van der Waals surface area (Å²) in [5, 5.41) is 8.94. The van der Waals surface area contributed by atoms with Crippen LogP contribution >= 0.6 is 0 Å². The van der Waals surface area contributed by atoms with E-state index in [9.17, 15) is 4.79 Å². The van der Waals surface area contributed by atoms with Crippen molar-refractivity contribution in [3.05, 3.63) is 35.9 Å². The normalized spacial score (nSPS) is 21.7. The molecule has 2 saturated heterocycles. The zero-order chi connectivity index (χ0) is 19.9. The Hall–Kier alpha value is -2.15. The van der Waals surface area contributed by atoms with E-state index in [2.05, 4.69) is 44.1 Å². The molecule has 28 heavy (non-hydrogen) atoms. The monoisotopic (exact) mass is 385 g/mol. The third kappa shape index (κ3) is 3.15. The molecule has 1 amide bonds. The third-order valence-electron chi connectivity index (χ3n) is 6.10. The first-order valence-electron chi connectivity index (χ1n) is 10.3. The fourth-order valence-corrected chi connectivity index (χ4v) is 4.56. The molecular formula is C21H31N5O2. The highest BCUT2D eigenvalue weighted by atomic mass is 16.5. The summed E-state index contributed by atoms with van der Waals surface area (Å²) < 4.78 is 9.45. The van der Waals surface area contributed by atoms with E-state index in [0.29, 0.717) is 5.69 Å². The molecule has 4 rings (SSSR count). The molecule has 7 heteroatoms. The van der Waals surface area contributed by atoms with E-state index in [1.807, 2.05) is 26.5 Å². The van der Waals surface area contributed by atoms with Gasteiger partial charge in [-0.05, 0) is 46.1 Å². The number of nitrogens with zero attached hydrogens (tertiary/aromatic N) is 5. The van der Waals surface area contributed by atoms with Gasteiger partial charge in [0.25, 0.3) is 5.91 Å². The number of carbonyl (C=O) groups is 1. The number of likely N-dealkylation sites (tertiary alicyclic amines) is 1. The molecule has 0 radical (unpaired) electrons. The van der Waals surface area contributed by atoms with Crippen LogP contribution in [0.5, 0.6) is 0 Å². The highest BCUT2D eigenvalue weighted by molar-refractivity contribution is 5.93. The van der Waals surface area contributed by atoms with Crippen molar-refractivity contribution >= 4 is 5.91 Å². The summed E-state index contributed by atoms with van der Waals surface area (Å²) in [5.41, 5.74) is 1.81. The van der Waals surface area contributed by atoms with Crippen LogP contribution in [0.4, 0.5) is 0 Å². The topological polar surface area (TPSA) is 65.2 Å². The minimum absolute atomic E-state index is 0.0463. The van der Waals surface area contributed by atoms with Crippen molar-refractivity contribution in [2.75, 3.05) is 19.8 Å². The van der Waals surface area contributed by atoms with Crippen molar-refractivity contribution in [3.63, 3.8) is 0 Å². The van der Waals surface area contributed by atoms with Crippen LogP contribution in [0.2, 0.25) is 0 Å². The predicted octanol–water partition coefficient (Wildman–Crippen LogP) is 3.24. The van der Waals surface area contributed by atoms with Gasteiger partial charge in [0.1, 0.15) is 5.69 Å². The van der Waals surface area contributed by atoms with Crippen LogP contribution in [0.15, 0.2) is 24.7 Å². The van der Waals surface area contributed by atoms with Crippen molar-refractivity contribution in [1.82, 2.24) is 24.5 Å². The summed E-state index contributed by atoms with van der Waals surface area (Å²) >= 11 is 0. The minimum atomic E-state index is -0.0839. The van der Waals surface area contributed by atoms with E-state index < -0.39 is 0 Å². The van der Waals surface area contributed by atoms with Crippen LogP contribution in [-0.2, 0) is 16.8 Å². The number of aromatic nitrogens is 4. The van der Waals surface area contributed by atoms with Gasteiger partial charge in [-0.3, -0.25) is 14.2 Å². The Kier molecular flexibility index (Phi) is 4.81. The number of ether oxygens (including phenoxy) is 1. The molecule has 2 aromatic rings. The molecule has 152 valence electrons. The zero-order valence-corrected chi connectivity index (χ0v) is 17.4. The first kappa shape index (κ1) is 19.2. The molecule has 4 heterocycles. The summed E-state index contributed by atoms with van der Waals surface area (Å²) in [5.74, 6) is 0.0663. The summed E-state index contributed by atoms with van der Waals surface area (Å²) in [4.78, 5) is 15.4. The van der Waals surface area contributed by atoms with Crippen LogP contribution in [0.1, 0.15) is 69.1 Å². The quantitative estimate of drug-likeness (QED) is 0.810. The van der Waals surface area contributed by atoms with Crippen LogP contribution in [0.25, 0.3) is 0 Å². The molecule has 7 nitrogen and oxygen atoms in total. The van der Waals surface area contributed by atoms with Crippen LogP contribution in [-0.4, -0.2) is 50.1 Å². The van der Waals surface area contributed by atoms with Gasteiger partial charge in [-0.2, -0.15) is 10.2 Å². The van der Waals surface area contributed by atoms with E-state index in [4.69, 9.17) is 4.74 Å². The van der Waals surface area contributed by atoms with E-state index in [-0.39, 0.29) is 22.9 Å². The molecule has 0 aromatic carbocycles. The lowest BCUT2D eigenvalue weighted by atomic mass is 9.64. The molecule has 1 spiro atoms. The Morgan fingerprint density at radius 1 is 1.29 bits per heavy atom. The largest absolute Gasteiger partial charge is 0.381 e. The van der Waals surface area contributed by atoms with Gasteiger partial charge in [-0.15, -0.1) is 0 Å². The zero-order valence-electron chi connectivity index (χ0n) is 17.4. The minimum Gasteiger partial charge on any atom is -0.381 e. The molecule has 0 bridgehead atoms. The highest BCUT2D eigenvalue weighted by Crippen LogP contribution is 2.55. The van der Waals surface area contributed by atoms with Gasteiger partial charge >= 0.3 is 0 Å². The number of rotatable bonds is 4. The predicted molar refractivity (Wildman–Crippen MR) is 106 cm³/mol. The maximum absolute atomic E-state index is 13.4. The van der Waals surface area contributed by atoms with Crippen molar-refractivity contribution in [2.45, 2.75) is 65.1 Å². The number of hydrogen-bond acceptors (Lipinski definition) is 4. The van der Waals surface area contributed by atoms with Crippen molar-refractivity contribution < 1.29 is 9.53 Å². The number of aryl methyl sites for hydroxylation is 1. The molecule has 2 fully saturated rings. The van der Waals surface area contributed by atoms with E-state index in [1.165, 1.54) is 0 Å². The third-order valence-corrected chi connectivity index (χ3v) is 6.10. The average molecular weight is 386 g/mol. The lowest BCUT2D eigenvalue weighted by Gasteiger charge is -2.58. The second kappa shape index (κ2) is 7.03. The van der Waals surface area contributed by atoms with Crippen molar-refractivity contribution in [2.24, 2.45) is 5.41 Å². The molecule has 0 N–H and O–H groups in total. The second-order valence-corrected chi connectivity index (χ2v) is 9.14. The van der Waals surface area contributed by atoms with Gasteiger partial charge < -0.3 is 9.64 Å². The Morgan fingerprint density at radius 2 is 2.04 bits per heavy atom. The maximum Gasteiger partial charge on any atom is 0.272 e. The van der Waals surface area contributed by atoms with Gasteiger partial charge in [-0.25, -0.2) is 0 Å². The lowest BCUT2D eigenvalue weighted by molar-refractivity contribution is -0.115. The average Bonchev–Trinajstić information content (AvgIpc) is 3.30. The fourth-order valence-electron chi connectivity index (χ4n) is 4.56. The van der Waals surface area contributed by atoms with Gasteiger partial charge in [-0.1, -0.05) is 6.92 Å². The number of hydrogen-bond donors (Lipinski definition) is 0. The molecule has 2 aromatic heterocycles. The molecule has 0 saturated carbocycles. The first-order chi connectivity index (χ1) is 13.4. The Bertz CT molecular complexity index is 841. The second-order valence-electron chi connectivity index (χ2n) is 9.14. The van der Waals surface area contributed by atoms with Crippen LogP contribution in [0, 0.1) is 5.41 Å². The first-order valence-corrected chi connectivity index (χ1v) is 10.3. The Morgan fingerprint density at radius 3 is 2.68 bits per heavy atom. The van der Waals surface area contributed by atoms with Gasteiger partial charge in [0.2, 0.25) is 0 Å². The van der Waals surface area contributed by atoms with Crippen LogP contribution in [0.3, 0.4) is 0 Å². The smallest absolute Gasteiger partial charge is 0.272 e. The molecule has 0 aliphatic carbocycles. The van der Waals surface area contributed by atoms with E-state index >= 15 is 0 Å². The van der Waals surface area contributed by atoms with Gasteiger partial charge in [0.05, 0.1) is 17.8 Å². The molecule has 1 atom stereocenters. The lowest BCUT2D eigenvalue weighted by Crippen LogP contribution is -2.62.